The second-order valence-electron chi connectivity index (χ2n) is 5.09. The Kier molecular flexibility index (Phi) is 3.51. The summed E-state index contributed by atoms with van der Waals surface area (Å²) < 4.78 is 0. The molecule has 0 bridgehead atoms. The molecular formula is C17H20N2. The fourth-order valence-corrected chi connectivity index (χ4v) is 2.81. The van der Waals surface area contributed by atoms with E-state index >= 15 is 0 Å². The lowest BCUT2D eigenvalue weighted by atomic mass is 10.0. The first-order chi connectivity index (χ1) is 9.38. The number of anilines is 2. The van der Waals surface area contributed by atoms with Crippen LogP contribution >= 0.6 is 0 Å². The molecule has 2 aromatic carbocycles. The van der Waals surface area contributed by atoms with Crippen LogP contribution in [-0.4, -0.2) is 13.1 Å². The molecule has 2 heteroatoms. The summed E-state index contributed by atoms with van der Waals surface area (Å²) in [5, 5.41) is 0. The van der Waals surface area contributed by atoms with Crippen molar-refractivity contribution >= 4 is 11.4 Å². The van der Waals surface area contributed by atoms with Crippen molar-refractivity contribution in [2.75, 3.05) is 18.0 Å². The molecule has 2 N–H and O–H groups in total. The molecule has 1 heterocycles. The van der Waals surface area contributed by atoms with Gasteiger partial charge in [-0.1, -0.05) is 30.3 Å². The van der Waals surface area contributed by atoms with Crippen LogP contribution in [0.15, 0.2) is 48.5 Å². The van der Waals surface area contributed by atoms with E-state index in [1.807, 2.05) is 0 Å². The van der Waals surface area contributed by atoms with E-state index < -0.39 is 0 Å². The van der Waals surface area contributed by atoms with Crippen LogP contribution < -0.4 is 10.6 Å². The molecule has 0 amide bonds. The number of aryl methyl sites for hydroxylation is 1. The molecule has 0 atom stereocenters. The van der Waals surface area contributed by atoms with E-state index in [1.54, 1.807) is 0 Å². The molecule has 3 rings (SSSR count). The maximum atomic E-state index is 5.59. The molecule has 2 nitrogen and oxygen atoms in total. The number of hydrogen-bond donors (Lipinski definition) is 1. The lowest BCUT2D eigenvalue weighted by Gasteiger charge is -2.31. The van der Waals surface area contributed by atoms with Crippen molar-refractivity contribution in [3.63, 3.8) is 0 Å². The topological polar surface area (TPSA) is 29.3 Å². The average molecular weight is 252 g/mol. The van der Waals surface area contributed by atoms with Crippen molar-refractivity contribution in [1.29, 1.82) is 0 Å². The second kappa shape index (κ2) is 5.45. The third-order valence-corrected chi connectivity index (χ3v) is 3.79. The predicted molar refractivity (Wildman–Crippen MR) is 81.0 cm³/mol. The van der Waals surface area contributed by atoms with Gasteiger partial charge in [0.25, 0.3) is 0 Å². The number of nitrogens with two attached hydrogens (primary N) is 1. The number of benzene rings is 2. The van der Waals surface area contributed by atoms with Gasteiger partial charge in [-0.15, -0.1) is 0 Å². The highest BCUT2D eigenvalue weighted by atomic mass is 15.1. The number of para-hydroxylation sites is 1. The van der Waals surface area contributed by atoms with Crippen LogP contribution in [0.25, 0.3) is 0 Å². The largest absolute Gasteiger partial charge is 0.341 e. The van der Waals surface area contributed by atoms with Crippen molar-refractivity contribution < 1.29 is 0 Å². The van der Waals surface area contributed by atoms with Crippen LogP contribution in [0.3, 0.4) is 0 Å². The number of nitrogens with zero attached hydrogens (tertiary/aromatic N) is 1. The van der Waals surface area contributed by atoms with Crippen LogP contribution in [0.1, 0.15) is 17.5 Å². The van der Waals surface area contributed by atoms with Crippen molar-refractivity contribution in [2.24, 2.45) is 5.73 Å². The smallest absolute Gasteiger partial charge is 0.0443 e. The fourth-order valence-electron chi connectivity index (χ4n) is 2.81. The van der Waals surface area contributed by atoms with Crippen molar-refractivity contribution in [3.05, 3.63) is 59.7 Å². The summed E-state index contributed by atoms with van der Waals surface area (Å²) in [6.07, 6.45) is 3.37. The van der Waals surface area contributed by atoms with Gasteiger partial charge in [0.05, 0.1) is 0 Å². The monoisotopic (exact) mass is 252 g/mol. The Morgan fingerprint density at radius 3 is 2.58 bits per heavy atom. The highest BCUT2D eigenvalue weighted by Crippen LogP contribution is 2.33. The molecule has 0 spiro atoms. The third-order valence-electron chi connectivity index (χ3n) is 3.79. The van der Waals surface area contributed by atoms with E-state index in [0.717, 1.165) is 13.0 Å². The Morgan fingerprint density at radius 1 is 1.00 bits per heavy atom. The van der Waals surface area contributed by atoms with Gasteiger partial charge < -0.3 is 10.6 Å². The van der Waals surface area contributed by atoms with Gasteiger partial charge in [-0.3, -0.25) is 0 Å². The summed E-state index contributed by atoms with van der Waals surface area (Å²) in [5.74, 6) is 0. The van der Waals surface area contributed by atoms with Crippen LogP contribution in [0, 0.1) is 0 Å². The highest BCUT2D eigenvalue weighted by Gasteiger charge is 2.17. The van der Waals surface area contributed by atoms with Gasteiger partial charge in [-0.25, -0.2) is 0 Å². The predicted octanol–water partition coefficient (Wildman–Crippen LogP) is 3.27. The minimum atomic E-state index is 0.714. The van der Waals surface area contributed by atoms with Crippen LogP contribution in [0.4, 0.5) is 11.4 Å². The van der Waals surface area contributed by atoms with Gasteiger partial charge in [-0.05, 0) is 55.1 Å². The van der Waals surface area contributed by atoms with Gasteiger partial charge in [0, 0.05) is 17.9 Å². The maximum Gasteiger partial charge on any atom is 0.0443 e. The Balaban J connectivity index is 1.90. The van der Waals surface area contributed by atoms with Crippen molar-refractivity contribution in [3.8, 4) is 0 Å². The van der Waals surface area contributed by atoms with E-state index in [-0.39, 0.29) is 0 Å². The van der Waals surface area contributed by atoms with E-state index in [2.05, 4.69) is 53.4 Å². The Hall–Kier alpha value is -1.80. The zero-order valence-electron chi connectivity index (χ0n) is 11.2. The zero-order chi connectivity index (χ0) is 13.1. The van der Waals surface area contributed by atoms with Crippen molar-refractivity contribution in [2.45, 2.75) is 19.3 Å². The Morgan fingerprint density at radius 2 is 1.79 bits per heavy atom. The zero-order valence-corrected chi connectivity index (χ0v) is 11.2. The van der Waals surface area contributed by atoms with E-state index in [0.29, 0.717) is 6.54 Å². The normalized spacial score (nSPS) is 14.3. The van der Waals surface area contributed by atoms with Crippen LogP contribution in [-0.2, 0) is 12.8 Å². The Bertz CT molecular complexity index is 545. The molecule has 0 fully saturated rings. The Labute approximate surface area is 114 Å². The molecule has 1 aliphatic rings. The maximum absolute atomic E-state index is 5.59. The summed E-state index contributed by atoms with van der Waals surface area (Å²) in [6.45, 7) is 1.82. The summed E-state index contributed by atoms with van der Waals surface area (Å²) in [4.78, 5) is 2.42. The van der Waals surface area contributed by atoms with Crippen LogP contribution in [0.2, 0.25) is 0 Å². The van der Waals surface area contributed by atoms with Gasteiger partial charge >= 0.3 is 0 Å². The molecule has 0 unspecified atom stereocenters. The molecule has 19 heavy (non-hydrogen) atoms. The minimum Gasteiger partial charge on any atom is -0.341 e. The minimum absolute atomic E-state index is 0.714. The van der Waals surface area contributed by atoms with E-state index in [9.17, 15) is 0 Å². The summed E-state index contributed by atoms with van der Waals surface area (Å²) >= 11 is 0. The van der Waals surface area contributed by atoms with Gasteiger partial charge in [0.1, 0.15) is 0 Å². The van der Waals surface area contributed by atoms with Gasteiger partial charge in [0.15, 0.2) is 0 Å². The first-order valence-electron chi connectivity index (χ1n) is 7.03. The highest BCUT2D eigenvalue weighted by molar-refractivity contribution is 5.67. The lowest BCUT2D eigenvalue weighted by Crippen LogP contribution is -2.24. The molecule has 0 saturated carbocycles. The summed E-state index contributed by atoms with van der Waals surface area (Å²) in [6, 6.07) is 17.5. The molecule has 0 aliphatic carbocycles. The molecule has 1 aliphatic heterocycles. The fraction of sp³-hybridized carbons (Fsp3) is 0.294. The van der Waals surface area contributed by atoms with Gasteiger partial charge in [-0.2, -0.15) is 0 Å². The molecule has 0 aromatic heterocycles. The third kappa shape index (κ3) is 2.49. The lowest BCUT2D eigenvalue weighted by molar-refractivity contribution is 0.766. The van der Waals surface area contributed by atoms with E-state index in [1.165, 1.54) is 35.3 Å². The van der Waals surface area contributed by atoms with E-state index in [4.69, 9.17) is 5.73 Å². The second-order valence-corrected chi connectivity index (χ2v) is 5.09. The van der Waals surface area contributed by atoms with Crippen molar-refractivity contribution in [1.82, 2.24) is 0 Å². The molecule has 0 saturated heterocycles. The summed E-state index contributed by atoms with van der Waals surface area (Å²) in [5.41, 5.74) is 11.0. The first kappa shape index (κ1) is 12.2. The first-order valence-corrected chi connectivity index (χ1v) is 7.03. The SMILES string of the molecule is NCCc1ccc(N2CCCc3ccccc32)cc1. The number of hydrogen-bond acceptors (Lipinski definition) is 2. The molecular weight excluding hydrogens is 232 g/mol. The van der Waals surface area contributed by atoms with Crippen LogP contribution in [0.5, 0.6) is 0 Å². The number of rotatable bonds is 3. The molecule has 2 aromatic rings. The molecule has 0 radical (unpaired) electrons. The number of fused-ring (bicyclic) bond motifs is 1. The average Bonchev–Trinajstić information content (AvgIpc) is 2.48. The standard InChI is InChI=1S/C17H20N2/c18-12-11-14-7-9-16(10-8-14)19-13-3-5-15-4-1-2-6-17(15)19/h1-2,4,6-10H,3,5,11-13,18H2. The van der Waals surface area contributed by atoms with Gasteiger partial charge in [0.2, 0.25) is 0 Å². The molecule has 98 valence electrons. The quantitative estimate of drug-likeness (QED) is 0.908. The summed E-state index contributed by atoms with van der Waals surface area (Å²) in [7, 11) is 0.